The molecule has 1 atom stereocenters. The van der Waals surface area contributed by atoms with Crippen molar-refractivity contribution in [1.29, 1.82) is 0 Å². The number of benzene rings is 1. The van der Waals surface area contributed by atoms with Crippen molar-refractivity contribution in [3.63, 3.8) is 0 Å². The number of halogens is 7. The molecule has 0 radical (unpaired) electrons. The summed E-state index contributed by atoms with van der Waals surface area (Å²) in [5, 5.41) is 0.535. The predicted octanol–water partition coefficient (Wildman–Crippen LogP) is 3.92. The number of nitrogens with zero attached hydrogens (tertiary/aromatic N) is 3. The first-order valence-corrected chi connectivity index (χ1v) is 10.2. The molecule has 0 aromatic heterocycles. The average molecular weight is 490 g/mol. The van der Waals surface area contributed by atoms with Gasteiger partial charge in [0.05, 0.1) is 19.4 Å². The normalized spacial score (nSPS) is 20.4. The summed E-state index contributed by atoms with van der Waals surface area (Å²) in [6.45, 7) is 2.62. The Labute approximate surface area is 185 Å². The SMILES string of the molecule is O=C(OC(C(F)(F)F)C(F)(F)F)N1CCN(C(c2cccc(Cl)c2)N2CCOCC2)CC1. The highest BCUT2D eigenvalue weighted by atomic mass is 35.5. The second-order valence-electron chi connectivity index (χ2n) is 7.45. The summed E-state index contributed by atoms with van der Waals surface area (Å²) in [5.74, 6) is 0. The quantitative estimate of drug-likeness (QED) is 0.600. The highest BCUT2D eigenvalue weighted by Crippen LogP contribution is 2.36. The molecule has 1 amide bonds. The molecule has 180 valence electrons. The lowest BCUT2D eigenvalue weighted by atomic mass is 10.1. The number of alkyl halides is 6. The Balaban J connectivity index is 1.68. The molecule has 1 unspecified atom stereocenters. The first-order valence-electron chi connectivity index (χ1n) is 9.87. The van der Waals surface area contributed by atoms with E-state index in [-0.39, 0.29) is 32.3 Å². The summed E-state index contributed by atoms with van der Waals surface area (Å²) in [4.78, 5) is 17.1. The van der Waals surface area contributed by atoms with Gasteiger partial charge in [0.15, 0.2) is 0 Å². The van der Waals surface area contributed by atoms with E-state index in [2.05, 4.69) is 9.64 Å². The molecule has 2 fully saturated rings. The van der Waals surface area contributed by atoms with E-state index in [1.54, 1.807) is 18.2 Å². The monoisotopic (exact) mass is 489 g/mol. The zero-order chi connectivity index (χ0) is 23.5. The summed E-state index contributed by atoms with van der Waals surface area (Å²) < 4.78 is 85.3. The molecule has 0 N–H and O–H groups in total. The Morgan fingerprint density at radius 1 is 0.938 bits per heavy atom. The van der Waals surface area contributed by atoms with Gasteiger partial charge in [-0.1, -0.05) is 23.7 Å². The first kappa shape index (κ1) is 24.9. The smallest absolute Gasteiger partial charge is 0.426 e. The van der Waals surface area contributed by atoms with Gasteiger partial charge < -0.3 is 14.4 Å². The van der Waals surface area contributed by atoms with Crippen LogP contribution in [0.25, 0.3) is 0 Å². The Morgan fingerprint density at radius 3 is 2.03 bits per heavy atom. The van der Waals surface area contributed by atoms with E-state index >= 15 is 0 Å². The lowest BCUT2D eigenvalue weighted by Crippen LogP contribution is -2.56. The number of amides is 1. The molecule has 0 saturated carbocycles. The molecule has 0 bridgehead atoms. The van der Waals surface area contributed by atoms with Crippen molar-refractivity contribution in [2.45, 2.75) is 24.6 Å². The van der Waals surface area contributed by atoms with Crippen LogP contribution in [0, 0.1) is 0 Å². The standard InChI is InChI=1S/C19H22ClF6N3O3/c20-14-3-1-2-13(12-14)15(28-8-10-31-11-9-28)27-4-6-29(7-5-27)17(30)32-16(18(21,22)23)19(24,25)26/h1-3,12,15-16H,4-11H2. The summed E-state index contributed by atoms with van der Waals surface area (Å²) >= 11 is 6.14. The van der Waals surface area contributed by atoms with Gasteiger partial charge in [-0.3, -0.25) is 9.80 Å². The molecule has 1 aromatic carbocycles. The van der Waals surface area contributed by atoms with Crippen molar-refractivity contribution in [3.05, 3.63) is 34.9 Å². The molecule has 0 spiro atoms. The number of piperazine rings is 1. The van der Waals surface area contributed by atoms with Gasteiger partial charge in [0.1, 0.15) is 0 Å². The van der Waals surface area contributed by atoms with Crippen LogP contribution in [0.3, 0.4) is 0 Å². The summed E-state index contributed by atoms with van der Waals surface area (Å²) in [7, 11) is 0. The maximum atomic E-state index is 12.7. The second kappa shape index (κ2) is 10.0. The van der Waals surface area contributed by atoms with Gasteiger partial charge >= 0.3 is 18.4 Å². The maximum Gasteiger partial charge on any atom is 0.434 e. The van der Waals surface area contributed by atoms with E-state index in [1.165, 1.54) is 0 Å². The van der Waals surface area contributed by atoms with Crippen molar-refractivity contribution in [3.8, 4) is 0 Å². The molecule has 32 heavy (non-hydrogen) atoms. The van der Waals surface area contributed by atoms with E-state index < -0.39 is 24.5 Å². The fraction of sp³-hybridized carbons (Fsp3) is 0.632. The molecule has 2 saturated heterocycles. The van der Waals surface area contributed by atoms with E-state index in [0.717, 1.165) is 10.5 Å². The number of carbonyl (C=O) groups excluding carboxylic acids is 1. The molecule has 0 aliphatic carbocycles. The van der Waals surface area contributed by atoms with Crippen molar-refractivity contribution in [2.75, 3.05) is 52.5 Å². The summed E-state index contributed by atoms with van der Waals surface area (Å²) in [5.41, 5.74) is 0.893. The van der Waals surface area contributed by atoms with Crippen molar-refractivity contribution in [2.24, 2.45) is 0 Å². The highest BCUT2D eigenvalue weighted by molar-refractivity contribution is 6.30. The number of hydrogen-bond donors (Lipinski definition) is 0. The lowest BCUT2D eigenvalue weighted by Gasteiger charge is -2.45. The van der Waals surface area contributed by atoms with Crippen LogP contribution < -0.4 is 0 Å². The van der Waals surface area contributed by atoms with Crippen LogP contribution >= 0.6 is 11.6 Å². The van der Waals surface area contributed by atoms with E-state index in [9.17, 15) is 31.1 Å². The predicted molar refractivity (Wildman–Crippen MR) is 102 cm³/mol. The van der Waals surface area contributed by atoms with Crippen LogP contribution in [0.1, 0.15) is 11.7 Å². The van der Waals surface area contributed by atoms with Gasteiger partial charge in [-0.2, -0.15) is 26.3 Å². The minimum absolute atomic E-state index is 0.0807. The number of hydrogen-bond acceptors (Lipinski definition) is 5. The summed E-state index contributed by atoms with van der Waals surface area (Å²) in [6, 6.07) is 7.23. The van der Waals surface area contributed by atoms with E-state index in [1.807, 2.05) is 11.0 Å². The van der Waals surface area contributed by atoms with Crippen LogP contribution in [-0.2, 0) is 9.47 Å². The van der Waals surface area contributed by atoms with E-state index in [0.29, 0.717) is 31.3 Å². The molecular weight excluding hydrogens is 468 g/mol. The highest BCUT2D eigenvalue weighted by Gasteiger charge is 2.60. The van der Waals surface area contributed by atoms with Gasteiger partial charge in [-0.05, 0) is 17.7 Å². The number of rotatable bonds is 4. The number of morpholine rings is 1. The van der Waals surface area contributed by atoms with Gasteiger partial charge in [0, 0.05) is 44.3 Å². The molecule has 2 heterocycles. The second-order valence-corrected chi connectivity index (χ2v) is 7.88. The molecule has 6 nitrogen and oxygen atoms in total. The van der Waals surface area contributed by atoms with Crippen LogP contribution in [0.4, 0.5) is 31.1 Å². The first-order chi connectivity index (χ1) is 15.0. The third-order valence-electron chi connectivity index (χ3n) is 5.27. The fourth-order valence-electron chi connectivity index (χ4n) is 3.79. The van der Waals surface area contributed by atoms with Gasteiger partial charge in [0.25, 0.3) is 6.10 Å². The molecule has 13 heteroatoms. The van der Waals surface area contributed by atoms with Gasteiger partial charge in [-0.25, -0.2) is 4.79 Å². The lowest BCUT2D eigenvalue weighted by molar-refractivity contribution is -0.308. The molecule has 2 aliphatic rings. The van der Waals surface area contributed by atoms with Crippen molar-refractivity contribution < 1.29 is 40.6 Å². The fourth-order valence-corrected chi connectivity index (χ4v) is 3.98. The topological polar surface area (TPSA) is 45.2 Å². The minimum Gasteiger partial charge on any atom is -0.426 e. The largest absolute Gasteiger partial charge is 0.434 e. The Kier molecular flexibility index (Phi) is 7.79. The Hall–Kier alpha value is -1.76. The van der Waals surface area contributed by atoms with E-state index in [4.69, 9.17) is 16.3 Å². The van der Waals surface area contributed by atoms with Crippen molar-refractivity contribution in [1.82, 2.24) is 14.7 Å². The number of carbonyl (C=O) groups is 1. The van der Waals surface area contributed by atoms with Crippen LogP contribution in [0.5, 0.6) is 0 Å². The minimum atomic E-state index is -5.75. The zero-order valence-electron chi connectivity index (χ0n) is 16.8. The molecule has 1 aromatic rings. The maximum absolute atomic E-state index is 12.7. The van der Waals surface area contributed by atoms with Crippen molar-refractivity contribution >= 4 is 17.7 Å². The third-order valence-corrected chi connectivity index (χ3v) is 5.51. The number of ether oxygens (including phenoxy) is 2. The third kappa shape index (κ3) is 6.18. The van der Waals surface area contributed by atoms with Gasteiger partial charge in [-0.15, -0.1) is 0 Å². The van der Waals surface area contributed by atoms with Crippen LogP contribution in [0.15, 0.2) is 24.3 Å². The summed E-state index contributed by atoms with van der Waals surface area (Å²) in [6.07, 6.45) is -17.5. The molecule has 3 rings (SSSR count). The van der Waals surface area contributed by atoms with Crippen LogP contribution in [0.2, 0.25) is 5.02 Å². The average Bonchev–Trinajstić information content (AvgIpc) is 2.72. The molecular formula is C19H22ClF6N3O3. The Bertz CT molecular complexity index is 766. The van der Waals surface area contributed by atoms with Gasteiger partial charge in [0.2, 0.25) is 0 Å². The van der Waals surface area contributed by atoms with Crippen LogP contribution in [-0.4, -0.2) is 91.7 Å². The molecule has 2 aliphatic heterocycles. The zero-order valence-corrected chi connectivity index (χ0v) is 17.6. The Morgan fingerprint density at radius 2 is 1.50 bits per heavy atom.